The fraction of sp³-hybridized carbons (Fsp3) is 0.364. The topological polar surface area (TPSA) is 47.4 Å². The summed E-state index contributed by atoms with van der Waals surface area (Å²) in [7, 11) is 0. The van der Waals surface area contributed by atoms with E-state index in [1.165, 1.54) is 0 Å². The van der Waals surface area contributed by atoms with Crippen molar-refractivity contribution in [3.05, 3.63) is 59.4 Å². The summed E-state index contributed by atoms with van der Waals surface area (Å²) in [5, 5.41) is 0.605. The van der Waals surface area contributed by atoms with Gasteiger partial charge in [-0.05, 0) is 37.1 Å². The van der Waals surface area contributed by atoms with Crippen molar-refractivity contribution in [3.8, 4) is 5.75 Å². The molecule has 0 radical (unpaired) electrons. The van der Waals surface area contributed by atoms with Gasteiger partial charge >= 0.3 is 0 Å². The molecule has 146 valence electrons. The number of carbonyl (C=O) groups excluding carboxylic acids is 1. The molecule has 5 nitrogen and oxygen atoms in total. The van der Waals surface area contributed by atoms with Gasteiger partial charge in [-0.25, -0.2) is 4.98 Å². The number of likely N-dealkylation sites (tertiary alicyclic amines) is 1. The lowest BCUT2D eigenvalue weighted by atomic mass is 10.2. The number of halogens is 1. The molecule has 1 fully saturated rings. The average Bonchev–Trinajstić information content (AvgIpc) is 3.33. The lowest BCUT2D eigenvalue weighted by Gasteiger charge is -2.25. The van der Waals surface area contributed by atoms with Crippen molar-refractivity contribution in [1.82, 2.24) is 14.5 Å². The normalized spacial score (nSPS) is 16.6. The highest BCUT2D eigenvalue weighted by molar-refractivity contribution is 6.32. The first kappa shape index (κ1) is 18.8. The van der Waals surface area contributed by atoms with Crippen LogP contribution < -0.4 is 4.74 Å². The maximum absolute atomic E-state index is 12.4. The maximum atomic E-state index is 12.4. The van der Waals surface area contributed by atoms with Crippen LogP contribution in [0.1, 0.15) is 38.1 Å². The Bertz CT molecular complexity index is 985. The van der Waals surface area contributed by atoms with Crippen LogP contribution in [0.25, 0.3) is 11.0 Å². The van der Waals surface area contributed by atoms with E-state index in [9.17, 15) is 4.79 Å². The Morgan fingerprint density at radius 3 is 2.82 bits per heavy atom. The summed E-state index contributed by atoms with van der Waals surface area (Å²) in [4.78, 5) is 19.3. The average molecular weight is 398 g/mol. The van der Waals surface area contributed by atoms with E-state index >= 15 is 0 Å². The smallest absolute Gasteiger partial charge is 0.222 e. The maximum Gasteiger partial charge on any atom is 0.222 e. The van der Waals surface area contributed by atoms with E-state index < -0.39 is 0 Å². The van der Waals surface area contributed by atoms with Gasteiger partial charge in [0.1, 0.15) is 18.2 Å². The Kier molecular flexibility index (Phi) is 5.53. The molecule has 1 atom stereocenters. The van der Waals surface area contributed by atoms with Crippen LogP contribution in [-0.2, 0) is 11.3 Å². The molecular weight excluding hydrogens is 374 g/mol. The second kappa shape index (κ2) is 8.23. The third-order valence-electron chi connectivity index (χ3n) is 5.27. The van der Waals surface area contributed by atoms with E-state index in [2.05, 4.69) is 10.6 Å². The fourth-order valence-electron chi connectivity index (χ4n) is 3.93. The van der Waals surface area contributed by atoms with Crippen LogP contribution in [0.5, 0.6) is 5.75 Å². The molecule has 1 aromatic heterocycles. The summed E-state index contributed by atoms with van der Waals surface area (Å²) < 4.78 is 8.10. The molecular formula is C22H24ClN3O2. The number of fused-ring (bicyclic) bond motifs is 1. The van der Waals surface area contributed by atoms with E-state index in [-0.39, 0.29) is 11.9 Å². The molecule has 6 heteroatoms. The first-order valence-corrected chi connectivity index (χ1v) is 10.2. The van der Waals surface area contributed by atoms with Gasteiger partial charge in [-0.15, -0.1) is 0 Å². The number of rotatable bonds is 6. The number of benzene rings is 2. The van der Waals surface area contributed by atoms with Gasteiger partial charge in [0, 0.05) is 13.0 Å². The largest absolute Gasteiger partial charge is 0.490 e. The summed E-state index contributed by atoms with van der Waals surface area (Å²) in [5.74, 6) is 1.82. The lowest BCUT2D eigenvalue weighted by Crippen LogP contribution is -2.31. The van der Waals surface area contributed by atoms with Gasteiger partial charge in [0.15, 0.2) is 0 Å². The summed E-state index contributed by atoms with van der Waals surface area (Å²) >= 11 is 6.20. The van der Waals surface area contributed by atoms with Crippen molar-refractivity contribution < 1.29 is 9.53 Å². The number of imidazole rings is 1. The van der Waals surface area contributed by atoms with Gasteiger partial charge < -0.3 is 14.2 Å². The first-order valence-electron chi connectivity index (χ1n) is 9.81. The number of aromatic nitrogens is 2. The zero-order valence-electron chi connectivity index (χ0n) is 16.0. The minimum Gasteiger partial charge on any atom is -0.490 e. The molecule has 0 spiro atoms. The third-order valence-corrected chi connectivity index (χ3v) is 5.58. The molecule has 0 saturated carbocycles. The zero-order valence-corrected chi connectivity index (χ0v) is 16.7. The molecule has 2 aromatic carbocycles. The molecule has 1 aliphatic rings. The van der Waals surface area contributed by atoms with E-state index in [1.807, 2.05) is 54.3 Å². The number of carbonyl (C=O) groups is 1. The van der Waals surface area contributed by atoms with Gasteiger partial charge in [-0.2, -0.15) is 0 Å². The van der Waals surface area contributed by atoms with Gasteiger partial charge in [0.2, 0.25) is 5.91 Å². The van der Waals surface area contributed by atoms with Gasteiger partial charge in [0.25, 0.3) is 0 Å². The van der Waals surface area contributed by atoms with Crippen LogP contribution in [-0.4, -0.2) is 33.5 Å². The van der Waals surface area contributed by atoms with Gasteiger partial charge in [-0.3, -0.25) is 4.79 Å². The van der Waals surface area contributed by atoms with E-state index in [0.717, 1.165) is 36.2 Å². The standard InChI is InChI=1S/C22H24ClN3O2/c1-2-21(27)25-13-7-11-19(25)22-24-17-9-4-5-10-18(17)26(22)14-15-28-20-12-6-3-8-16(20)23/h3-6,8-10,12,19H,2,7,11,13-15H2,1H3/t19-/m1/s1. The van der Waals surface area contributed by atoms with Crippen molar-refractivity contribution in [3.63, 3.8) is 0 Å². The lowest BCUT2D eigenvalue weighted by molar-refractivity contribution is -0.131. The van der Waals surface area contributed by atoms with Crippen LogP contribution in [0.2, 0.25) is 5.02 Å². The number of para-hydroxylation sites is 3. The molecule has 4 rings (SSSR count). The molecule has 28 heavy (non-hydrogen) atoms. The summed E-state index contributed by atoms with van der Waals surface area (Å²) in [5.41, 5.74) is 2.02. The Labute approximate surface area is 169 Å². The predicted octanol–water partition coefficient (Wildman–Crippen LogP) is 4.84. The predicted molar refractivity (Wildman–Crippen MR) is 111 cm³/mol. The molecule has 0 N–H and O–H groups in total. The van der Waals surface area contributed by atoms with Gasteiger partial charge in [0.05, 0.1) is 28.6 Å². The van der Waals surface area contributed by atoms with E-state index in [0.29, 0.717) is 30.3 Å². The second-order valence-electron chi connectivity index (χ2n) is 6.99. The van der Waals surface area contributed by atoms with Gasteiger partial charge in [-0.1, -0.05) is 42.8 Å². The summed E-state index contributed by atoms with van der Waals surface area (Å²) in [6.07, 6.45) is 2.47. The minimum absolute atomic E-state index is 0.0279. The number of hydrogen-bond acceptors (Lipinski definition) is 3. The summed E-state index contributed by atoms with van der Waals surface area (Å²) in [6.45, 7) is 3.84. The van der Waals surface area contributed by atoms with Crippen LogP contribution in [0.4, 0.5) is 0 Å². The molecule has 0 bridgehead atoms. The van der Waals surface area contributed by atoms with Crippen molar-refractivity contribution in [2.45, 2.75) is 38.8 Å². The van der Waals surface area contributed by atoms with Crippen molar-refractivity contribution >= 4 is 28.5 Å². The molecule has 1 amide bonds. The highest BCUT2D eigenvalue weighted by Crippen LogP contribution is 2.34. The van der Waals surface area contributed by atoms with Crippen LogP contribution >= 0.6 is 11.6 Å². The first-order chi connectivity index (χ1) is 13.7. The van der Waals surface area contributed by atoms with E-state index in [1.54, 1.807) is 0 Å². The molecule has 0 aliphatic carbocycles. The Balaban J connectivity index is 1.62. The Hall–Kier alpha value is -2.53. The molecule has 1 saturated heterocycles. The quantitative estimate of drug-likeness (QED) is 0.597. The highest BCUT2D eigenvalue weighted by Gasteiger charge is 2.32. The third kappa shape index (κ3) is 3.59. The van der Waals surface area contributed by atoms with Crippen LogP contribution in [0.15, 0.2) is 48.5 Å². The zero-order chi connectivity index (χ0) is 19.5. The fourth-order valence-corrected chi connectivity index (χ4v) is 4.12. The second-order valence-corrected chi connectivity index (χ2v) is 7.40. The Morgan fingerprint density at radius 1 is 1.21 bits per heavy atom. The SMILES string of the molecule is CCC(=O)N1CCC[C@@H]1c1nc2ccccc2n1CCOc1ccccc1Cl. The number of amides is 1. The van der Waals surface area contributed by atoms with Crippen molar-refractivity contribution in [1.29, 1.82) is 0 Å². The highest BCUT2D eigenvalue weighted by atomic mass is 35.5. The van der Waals surface area contributed by atoms with Crippen LogP contribution in [0.3, 0.4) is 0 Å². The number of hydrogen-bond donors (Lipinski definition) is 0. The monoisotopic (exact) mass is 397 g/mol. The Morgan fingerprint density at radius 2 is 2.00 bits per heavy atom. The molecule has 3 aromatic rings. The molecule has 0 unspecified atom stereocenters. The van der Waals surface area contributed by atoms with Crippen molar-refractivity contribution in [2.24, 2.45) is 0 Å². The van der Waals surface area contributed by atoms with Crippen molar-refractivity contribution in [2.75, 3.05) is 13.2 Å². The minimum atomic E-state index is 0.0279. The number of ether oxygens (including phenoxy) is 1. The van der Waals surface area contributed by atoms with Crippen LogP contribution in [0, 0.1) is 0 Å². The van der Waals surface area contributed by atoms with E-state index in [4.69, 9.17) is 21.3 Å². The summed E-state index contributed by atoms with van der Waals surface area (Å²) in [6, 6.07) is 15.6. The molecule has 1 aliphatic heterocycles. The number of nitrogens with zero attached hydrogens (tertiary/aromatic N) is 3. The molecule has 2 heterocycles.